The van der Waals surface area contributed by atoms with Crippen molar-refractivity contribution in [2.75, 3.05) is 23.9 Å². The van der Waals surface area contributed by atoms with E-state index in [4.69, 9.17) is 4.74 Å². The lowest BCUT2D eigenvalue weighted by atomic mass is 10.1. The van der Waals surface area contributed by atoms with E-state index in [0.29, 0.717) is 23.7 Å². The molecule has 3 aromatic rings. The first-order valence-corrected chi connectivity index (χ1v) is 10.0. The molecule has 148 valence electrons. The normalized spacial score (nSPS) is 16.1. The number of nitrogens with one attached hydrogen (secondary N) is 1. The minimum Gasteiger partial charge on any atom is -0.497 e. The van der Waals surface area contributed by atoms with Crippen LogP contribution in [0.3, 0.4) is 0 Å². The summed E-state index contributed by atoms with van der Waals surface area (Å²) in [6, 6.07) is 14.7. The van der Waals surface area contributed by atoms with Gasteiger partial charge in [0.25, 0.3) is 5.91 Å². The first-order chi connectivity index (χ1) is 14.0. The summed E-state index contributed by atoms with van der Waals surface area (Å²) in [5.74, 6) is 0.512. The second-order valence-corrected chi connectivity index (χ2v) is 7.88. The van der Waals surface area contributed by atoms with Crippen molar-refractivity contribution in [1.82, 2.24) is 10.2 Å². The van der Waals surface area contributed by atoms with E-state index in [0.717, 1.165) is 22.0 Å². The van der Waals surface area contributed by atoms with Gasteiger partial charge < -0.3 is 9.64 Å². The van der Waals surface area contributed by atoms with Crippen LogP contribution in [0.5, 0.6) is 5.75 Å². The molecule has 0 radical (unpaired) electrons. The summed E-state index contributed by atoms with van der Waals surface area (Å²) >= 11 is 1.31. The van der Waals surface area contributed by atoms with Gasteiger partial charge in [-0.05, 0) is 43.3 Å². The summed E-state index contributed by atoms with van der Waals surface area (Å²) in [7, 11) is 1.61. The lowest BCUT2D eigenvalue weighted by molar-refractivity contribution is -0.117. The molecular weight excluding hydrogens is 388 g/mol. The Hall–Kier alpha value is -3.26. The number of benzene rings is 2. The van der Waals surface area contributed by atoms with Gasteiger partial charge in [-0.2, -0.15) is 0 Å². The number of hydrogen-bond donors (Lipinski definition) is 1. The highest BCUT2D eigenvalue weighted by atomic mass is 32.1. The number of anilines is 2. The van der Waals surface area contributed by atoms with Gasteiger partial charge in [-0.1, -0.05) is 29.0 Å². The summed E-state index contributed by atoms with van der Waals surface area (Å²) in [6.45, 7) is 2.50. The number of carbonyl (C=O) groups is 2. The first kappa shape index (κ1) is 19.1. The highest BCUT2D eigenvalue weighted by Crippen LogP contribution is 2.34. The van der Waals surface area contributed by atoms with Gasteiger partial charge in [0, 0.05) is 30.1 Å². The van der Waals surface area contributed by atoms with Crippen LogP contribution in [0.1, 0.15) is 33.3 Å². The van der Waals surface area contributed by atoms with Crippen molar-refractivity contribution in [1.29, 1.82) is 0 Å². The Kier molecular flexibility index (Phi) is 5.26. The third kappa shape index (κ3) is 4.12. The molecule has 7 nitrogen and oxygen atoms in total. The average molecular weight is 408 g/mol. The average Bonchev–Trinajstić information content (AvgIpc) is 3.35. The van der Waals surface area contributed by atoms with Crippen LogP contribution in [0, 0.1) is 6.92 Å². The number of carbonyl (C=O) groups excluding carboxylic acids is 2. The van der Waals surface area contributed by atoms with Gasteiger partial charge in [-0.3, -0.25) is 14.9 Å². The van der Waals surface area contributed by atoms with Gasteiger partial charge >= 0.3 is 0 Å². The number of aryl methyl sites for hydroxylation is 1. The van der Waals surface area contributed by atoms with Crippen molar-refractivity contribution in [2.45, 2.75) is 19.3 Å². The van der Waals surface area contributed by atoms with Gasteiger partial charge in [0.15, 0.2) is 0 Å². The molecule has 29 heavy (non-hydrogen) atoms. The van der Waals surface area contributed by atoms with E-state index in [1.165, 1.54) is 11.3 Å². The van der Waals surface area contributed by atoms with E-state index in [9.17, 15) is 9.59 Å². The molecule has 0 aliphatic carbocycles. The number of hydrogen-bond acceptors (Lipinski definition) is 6. The maximum atomic E-state index is 12.5. The van der Waals surface area contributed by atoms with Crippen LogP contribution in [0.15, 0.2) is 48.5 Å². The SMILES string of the molecule is COc1ccc(N2C[C@@H](c3nnc(NC(=O)c4ccc(C)cc4)s3)CC2=O)cc1. The minimum atomic E-state index is -0.227. The summed E-state index contributed by atoms with van der Waals surface area (Å²) in [6.07, 6.45) is 0.368. The molecule has 0 unspecified atom stereocenters. The van der Waals surface area contributed by atoms with Gasteiger partial charge in [0.05, 0.1) is 7.11 Å². The molecule has 0 saturated carbocycles. The van der Waals surface area contributed by atoms with Crippen LogP contribution in [-0.2, 0) is 4.79 Å². The quantitative estimate of drug-likeness (QED) is 0.697. The van der Waals surface area contributed by atoms with E-state index >= 15 is 0 Å². The number of ether oxygens (including phenoxy) is 1. The highest BCUT2D eigenvalue weighted by Gasteiger charge is 2.34. The third-order valence-corrected chi connectivity index (χ3v) is 5.83. The van der Waals surface area contributed by atoms with Crippen LogP contribution < -0.4 is 15.0 Å². The van der Waals surface area contributed by atoms with Gasteiger partial charge in [-0.15, -0.1) is 10.2 Å². The second kappa shape index (κ2) is 8.00. The largest absolute Gasteiger partial charge is 0.497 e. The molecule has 0 bridgehead atoms. The monoisotopic (exact) mass is 408 g/mol. The zero-order valence-electron chi connectivity index (χ0n) is 16.1. The van der Waals surface area contributed by atoms with Crippen molar-refractivity contribution < 1.29 is 14.3 Å². The topological polar surface area (TPSA) is 84.4 Å². The number of methoxy groups -OCH3 is 1. The second-order valence-electron chi connectivity index (χ2n) is 6.87. The maximum absolute atomic E-state index is 12.5. The van der Waals surface area contributed by atoms with Crippen molar-refractivity contribution >= 4 is 34.0 Å². The molecular formula is C21H20N4O3S. The predicted octanol–water partition coefficient (Wildman–Crippen LogP) is 3.63. The minimum absolute atomic E-state index is 0.0422. The van der Waals surface area contributed by atoms with Crippen molar-refractivity contribution in [3.8, 4) is 5.75 Å². The Morgan fingerprint density at radius 2 is 1.86 bits per heavy atom. The van der Waals surface area contributed by atoms with E-state index in [1.807, 2.05) is 43.3 Å². The molecule has 1 saturated heterocycles. The Morgan fingerprint density at radius 3 is 2.55 bits per heavy atom. The van der Waals surface area contributed by atoms with Crippen LogP contribution >= 0.6 is 11.3 Å². The van der Waals surface area contributed by atoms with E-state index in [-0.39, 0.29) is 17.7 Å². The lowest BCUT2D eigenvalue weighted by Gasteiger charge is -2.16. The fraction of sp³-hybridized carbons (Fsp3) is 0.238. The number of nitrogens with zero attached hydrogens (tertiary/aromatic N) is 3. The van der Waals surface area contributed by atoms with Gasteiger partial charge in [0.1, 0.15) is 10.8 Å². The molecule has 1 aliphatic rings. The van der Waals surface area contributed by atoms with E-state index in [1.54, 1.807) is 24.1 Å². The highest BCUT2D eigenvalue weighted by molar-refractivity contribution is 7.15. The van der Waals surface area contributed by atoms with Crippen molar-refractivity contribution in [3.05, 3.63) is 64.7 Å². The molecule has 1 fully saturated rings. The first-order valence-electron chi connectivity index (χ1n) is 9.19. The summed E-state index contributed by atoms with van der Waals surface area (Å²) in [4.78, 5) is 26.6. The maximum Gasteiger partial charge on any atom is 0.257 e. The molecule has 2 heterocycles. The Morgan fingerprint density at radius 1 is 1.14 bits per heavy atom. The fourth-order valence-corrected chi connectivity index (χ4v) is 4.04. The predicted molar refractivity (Wildman–Crippen MR) is 112 cm³/mol. The van der Waals surface area contributed by atoms with Crippen LogP contribution in [0.25, 0.3) is 0 Å². The smallest absolute Gasteiger partial charge is 0.257 e. The lowest BCUT2D eigenvalue weighted by Crippen LogP contribution is -2.24. The zero-order valence-corrected chi connectivity index (χ0v) is 16.9. The molecule has 1 N–H and O–H groups in total. The van der Waals surface area contributed by atoms with Crippen molar-refractivity contribution in [2.24, 2.45) is 0 Å². The zero-order chi connectivity index (χ0) is 20.4. The van der Waals surface area contributed by atoms with E-state index in [2.05, 4.69) is 15.5 Å². The fourth-order valence-electron chi connectivity index (χ4n) is 3.21. The molecule has 4 rings (SSSR count). The van der Waals surface area contributed by atoms with Crippen LogP contribution in [0.2, 0.25) is 0 Å². The third-order valence-electron chi connectivity index (χ3n) is 4.83. The molecule has 1 atom stereocenters. The molecule has 1 aromatic heterocycles. The summed E-state index contributed by atoms with van der Waals surface area (Å²) in [5.41, 5.74) is 2.48. The van der Waals surface area contributed by atoms with E-state index < -0.39 is 0 Å². The standard InChI is InChI=1S/C21H20N4O3S/c1-13-3-5-14(6-4-13)19(27)22-21-24-23-20(29-21)15-11-18(26)25(12-15)16-7-9-17(28-2)10-8-16/h3-10,15H,11-12H2,1-2H3,(H,22,24,27)/t15-/m0/s1. The molecule has 0 spiro atoms. The molecule has 8 heteroatoms. The Bertz CT molecular complexity index is 1030. The number of aromatic nitrogens is 2. The van der Waals surface area contributed by atoms with Gasteiger partial charge in [0.2, 0.25) is 11.0 Å². The Balaban J connectivity index is 1.43. The van der Waals surface area contributed by atoms with Crippen LogP contribution in [-0.4, -0.2) is 35.7 Å². The van der Waals surface area contributed by atoms with Gasteiger partial charge in [-0.25, -0.2) is 0 Å². The molecule has 1 aliphatic heterocycles. The number of rotatable bonds is 5. The molecule has 2 amide bonds. The summed E-state index contributed by atoms with van der Waals surface area (Å²) in [5, 5.41) is 12.2. The Labute approximate surface area is 172 Å². The number of amides is 2. The summed E-state index contributed by atoms with van der Waals surface area (Å²) < 4.78 is 5.17. The van der Waals surface area contributed by atoms with Crippen molar-refractivity contribution in [3.63, 3.8) is 0 Å². The molecule has 2 aromatic carbocycles. The van der Waals surface area contributed by atoms with Crippen LogP contribution in [0.4, 0.5) is 10.8 Å².